The largest absolute Gasteiger partial charge is 0.361 e. The lowest BCUT2D eigenvalue weighted by Gasteiger charge is -2.01. The molecule has 3 nitrogen and oxygen atoms in total. The van der Waals surface area contributed by atoms with E-state index >= 15 is 0 Å². The highest BCUT2D eigenvalue weighted by atomic mass is 35.7. The van der Waals surface area contributed by atoms with Crippen molar-refractivity contribution < 1.29 is 8.42 Å². The summed E-state index contributed by atoms with van der Waals surface area (Å²) in [5.74, 6) is -0.0289. The van der Waals surface area contributed by atoms with Gasteiger partial charge in [0.2, 0.25) is 9.05 Å². The molecule has 0 saturated carbocycles. The van der Waals surface area contributed by atoms with Gasteiger partial charge in [0, 0.05) is 27.8 Å². The number of aryl methyl sites for hydroxylation is 1. The van der Waals surface area contributed by atoms with Crippen LogP contribution in [-0.2, 0) is 15.5 Å². The Morgan fingerprint density at radius 2 is 2.07 bits per heavy atom. The molecule has 0 aliphatic rings. The fourth-order valence-corrected chi connectivity index (χ4v) is 2.30. The Balaban J connectivity index is 2.32. The van der Waals surface area contributed by atoms with E-state index in [1.807, 2.05) is 30.5 Å². The van der Waals surface area contributed by atoms with E-state index in [2.05, 4.69) is 4.98 Å². The van der Waals surface area contributed by atoms with Crippen molar-refractivity contribution in [1.82, 2.24) is 4.98 Å². The minimum Gasteiger partial charge on any atom is -0.361 e. The topological polar surface area (TPSA) is 49.9 Å². The van der Waals surface area contributed by atoms with Gasteiger partial charge in [-0.1, -0.05) is 12.1 Å². The van der Waals surface area contributed by atoms with E-state index in [4.69, 9.17) is 10.7 Å². The maximum atomic E-state index is 10.8. The van der Waals surface area contributed by atoms with Crippen LogP contribution in [0.2, 0.25) is 0 Å². The molecule has 2 aromatic rings. The van der Waals surface area contributed by atoms with Crippen LogP contribution in [0, 0.1) is 0 Å². The standard InChI is InChI=1S/C10H10ClNO2S/c11-15(13,14)7-5-8-2-1-3-10-9(8)4-6-12-10/h1-4,6,12H,5,7H2. The fourth-order valence-electron chi connectivity index (χ4n) is 1.60. The number of hydrogen-bond acceptors (Lipinski definition) is 2. The molecule has 0 radical (unpaired) electrons. The second-order valence-corrected chi connectivity index (χ2v) is 6.25. The minimum atomic E-state index is -3.41. The normalized spacial score (nSPS) is 12.1. The molecule has 0 unspecified atom stereocenters. The predicted molar refractivity (Wildman–Crippen MR) is 61.6 cm³/mol. The van der Waals surface area contributed by atoms with Crippen LogP contribution in [-0.4, -0.2) is 19.2 Å². The number of H-pyrrole nitrogens is 1. The lowest BCUT2D eigenvalue weighted by Crippen LogP contribution is -2.01. The SMILES string of the molecule is O=S(=O)(Cl)CCc1cccc2[nH]ccc12. The summed E-state index contributed by atoms with van der Waals surface area (Å²) in [6.07, 6.45) is 2.28. The number of nitrogens with one attached hydrogen (secondary N) is 1. The summed E-state index contributed by atoms with van der Waals surface area (Å²) in [7, 11) is 1.76. The van der Waals surface area contributed by atoms with E-state index in [1.165, 1.54) is 0 Å². The molecule has 0 bridgehead atoms. The first-order valence-electron chi connectivity index (χ1n) is 4.53. The first kappa shape index (κ1) is 10.5. The fraction of sp³-hybridized carbons (Fsp3) is 0.200. The summed E-state index contributed by atoms with van der Waals surface area (Å²) in [4.78, 5) is 3.07. The van der Waals surface area contributed by atoms with Gasteiger partial charge in [0.05, 0.1) is 5.75 Å². The monoisotopic (exact) mass is 243 g/mol. The van der Waals surface area contributed by atoms with E-state index in [1.54, 1.807) is 0 Å². The minimum absolute atomic E-state index is 0.0289. The third-order valence-corrected chi connectivity index (χ3v) is 3.46. The van der Waals surface area contributed by atoms with Gasteiger partial charge >= 0.3 is 0 Å². The number of aromatic amines is 1. The molecule has 0 aliphatic heterocycles. The van der Waals surface area contributed by atoms with Crippen molar-refractivity contribution in [3.05, 3.63) is 36.0 Å². The molecule has 2 rings (SSSR count). The van der Waals surface area contributed by atoms with Crippen LogP contribution in [0.4, 0.5) is 0 Å². The molecule has 1 aromatic heterocycles. The summed E-state index contributed by atoms with van der Waals surface area (Å²) < 4.78 is 21.7. The molecule has 1 heterocycles. The molecule has 0 amide bonds. The third-order valence-electron chi connectivity index (χ3n) is 2.30. The Labute approximate surface area is 92.5 Å². The van der Waals surface area contributed by atoms with Gasteiger partial charge in [0.25, 0.3) is 0 Å². The first-order valence-corrected chi connectivity index (χ1v) is 7.01. The van der Waals surface area contributed by atoms with Crippen LogP contribution in [0.3, 0.4) is 0 Å². The molecule has 0 saturated heterocycles. The van der Waals surface area contributed by atoms with Crippen molar-refractivity contribution in [2.45, 2.75) is 6.42 Å². The zero-order chi connectivity index (χ0) is 10.9. The Kier molecular flexibility index (Phi) is 2.71. The quantitative estimate of drug-likeness (QED) is 0.841. The summed E-state index contributed by atoms with van der Waals surface area (Å²) >= 11 is 0. The first-order chi connectivity index (χ1) is 7.06. The Morgan fingerprint density at radius 1 is 1.27 bits per heavy atom. The zero-order valence-electron chi connectivity index (χ0n) is 7.90. The molecule has 0 atom stereocenters. The molecule has 5 heteroatoms. The highest BCUT2D eigenvalue weighted by molar-refractivity contribution is 8.13. The van der Waals surface area contributed by atoms with Crippen LogP contribution in [0.15, 0.2) is 30.5 Å². The maximum Gasteiger partial charge on any atom is 0.232 e. The molecule has 80 valence electrons. The zero-order valence-corrected chi connectivity index (χ0v) is 9.48. The van der Waals surface area contributed by atoms with E-state index < -0.39 is 9.05 Å². The Hall–Kier alpha value is -1.00. The van der Waals surface area contributed by atoms with Gasteiger partial charge in [-0.2, -0.15) is 0 Å². The van der Waals surface area contributed by atoms with E-state index in [0.29, 0.717) is 6.42 Å². The molecule has 1 aromatic carbocycles. The Bertz CT molecular complexity index is 574. The smallest absolute Gasteiger partial charge is 0.232 e. The maximum absolute atomic E-state index is 10.8. The van der Waals surface area contributed by atoms with Crippen LogP contribution < -0.4 is 0 Å². The van der Waals surface area contributed by atoms with Gasteiger partial charge in [-0.25, -0.2) is 8.42 Å². The van der Waals surface area contributed by atoms with Crippen LogP contribution in [0.1, 0.15) is 5.56 Å². The molecule has 0 spiro atoms. The molecular weight excluding hydrogens is 234 g/mol. The molecule has 1 N–H and O–H groups in total. The third kappa shape index (κ3) is 2.52. The van der Waals surface area contributed by atoms with Gasteiger partial charge in [0.1, 0.15) is 0 Å². The average molecular weight is 244 g/mol. The van der Waals surface area contributed by atoms with Gasteiger partial charge in [-0.05, 0) is 24.1 Å². The number of halogens is 1. The van der Waals surface area contributed by atoms with Gasteiger partial charge in [-0.15, -0.1) is 0 Å². The van der Waals surface area contributed by atoms with Crippen molar-refractivity contribution in [2.75, 3.05) is 5.75 Å². The van der Waals surface area contributed by atoms with Crippen LogP contribution in [0.5, 0.6) is 0 Å². The van der Waals surface area contributed by atoms with Crippen molar-refractivity contribution in [2.24, 2.45) is 0 Å². The molecule has 15 heavy (non-hydrogen) atoms. The van der Waals surface area contributed by atoms with Gasteiger partial charge in [0.15, 0.2) is 0 Å². The van der Waals surface area contributed by atoms with E-state index in [9.17, 15) is 8.42 Å². The molecular formula is C10H10ClNO2S. The lowest BCUT2D eigenvalue weighted by molar-refractivity contribution is 0.609. The summed E-state index contributed by atoms with van der Waals surface area (Å²) in [6.45, 7) is 0. The lowest BCUT2D eigenvalue weighted by atomic mass is 10.1. The number of aromatic nitrogens is 1. The van der Waals surface area contributed by atoms with E-state index in [0.717, 1.165) is 16.5 Å². The van der Waals surface area contributed by atoms with Crippen molar-refractivity contribution >= 4 is 30.6 Å². The highest BCUT2D eigenvalue weighted by Crippen LogP contribution is 2.18. The van der Waals surface area contributed by atoms with Crippen molar-refractivity contribution in [3.8, 4) is 0 Å². The van der Waals surface area contributed by atoms with Gasteiger partial charge < -0.3 is 4.98 Å². The number of hydrogen-bond donors (Lipinski definition) is 1. The molecule has 0 fully saturated rings. The average Bonchev–Trinajstić information content (AvgIpc) is 2.61. The highest BCUT2D eigenvalue weighted by Gasteiger charge is 2.07. The second-order valence-electron chi connectivity index (χ2n) is 3.35. The van der Waals surface area contributed by atoms with E-state index in [-0.39, 0.29) is 5.75 Å². The Morgan fingerprint density at radius 3 is 2.80 bits per heavy atom. The number of fused-ring (bicyclic) bond motifs is 1. The van der Waals surface area contributed by atoms with Crippen molar-refractivity contribution in [1.29, 1.82) is 0 Å². The summed E-state index contributed by atoms with van der Waals surface area (Å²) in [5, 5.41) is 1.05. The summed E-state index contributed by atoms with van der Waals surface area (Å²) in [6, 6.07) is 7.70. The second kappa shape index (κ2) is 3.87. The molecule has 0 aliphatic carbocycles. The van der Waals surface area contributed by atoms with Crippen LogP contribution >= 0.6 is 10.7 Å². The van der Waals surface area contributed by atoms with Crippen molar-refractivity contribution in [3.63, 3.8) is 0 Å². The van der Waals surface area contributed by atoms with Crippen LogP contribution in [0.25, 0.3) is 10.9 Å². The number of rotatable bonds is 3. The summed E-state index contributed by atoms with van der Waals surface area (Å²) in [5.41, 5.74) is 2.01. The number of benzene rings is 1. The van der Waals surface area contributed by atoms with Gasteiger partial charge in [-0.3, -0.25) is 0 Å². The predicted octanol–water partition coefficient (Wildman–Crippen LogP) is 2.28.